The summed E-state index contributed by atoms with van der Waals surface area (Å²) in [6.45, 7) is -2.71. The summed E-state index contributed by atoms with van der Waals surface area (Å²) in [5.41, 5.74) is 6.43. The second kappa shape index (κ2) is 6.60. The number of aromatic nitrogens is 2. The Morgan fingerprint density at radius 2 is 2.09 bits per heavy atom. The number of alkyl halides is 2. The molecule has 0 fully saturated rings. The molecule has 0 aliphatic heterocycles. The molecule has 0 bridgehead atoms. The van der Waals surface area contributed by atoms with E-state index in [1.54, 1.807) is 19.0 Å². The lowest BCUT2D eigenvalue weighted by Gasteiger charge is -2.14. The Hall–Kier alpha value is -2.04. The first-order valence-corrected chi connectivity index (χ1v) is 8.05. The lowest BCUT2D eigenvalue weighted by molar-refractivity contribution is 0.0566. The van der Waals surface area contributed by atoms with Crippen molar-refractivity contribution in [3.63, 3.8) is 0 Å². The molecule has 1 aromatic carbocycles. The topological polar surface area (TPSA) is 93.2 Å². The summed E-state index contributed by atoms with van der Waals surface area (Å²) in [4.78, 5) is 1.55. The number of rotatable bonds is 6. The number of hydrogen-bond donors (Lipinski definition) is 2. The first-order chi connectivity index (χ1) is 10.7. The van der Waals surface area contributed by atoms with E-state index in [2.05, 4.69) is 9.82 Å². The first-order valence-electron chi connectivity index (χ1n) is 6.57. The number of nitrogens with two attached hydrogens (primary N) is 1. The van der Waals surface area contributed by atoms with Crippen molar-refractivity contribution in [3.8, 4) is 11.1 Å². The summed E-state index contributed by atoms with van der Waals surface area (Å²) in [6, 6.07) is 4.25. The van der Waals surface area contributed by atoms with Gasteiger partial charge in [-0.05, 0) is 26.2 Å². The van der Waals surface area contributed by atoms with Crippen molar-refractivity contribution in [1.82, 2.24) is 19.4 Å². The maximum atomic E-state index is 12.6. The molecule has 0 amide bonds. The maximum Gasteiger partial charge on any atom is 0.333 e. The van der Waals surface area contributed by atoms with Crippen LogP contribution in [0.5, 0.6) is 0 Å². The minimum atomic E-state index is -3.86. The van der Waals surface area contributed by atoms with Gasteiger partial charge in [-0.3, -0.25) is 4.90 Å². The number of anilines is 1. The number of nitrogens with zero attached hydrogens (tertiary/aromatic N) is 3. The van der Waals surface area contributed by atoms with Gasteiger partial charge in [-0.1, -0.05) is 6.07 Å². The Bertz CT molecular complexity index is 789. The van der Waals surface area contributed by atoms with Gasteiger partial charge in [-0.2, -0.15) is 18.6 Å². The van der Waals surface area contributed by atoms with Crippen LogP contribution in [0, 0.1) is 0 Å². The highest BCUT2D eigenvalue weighted by Gasteiger charge is 2.21. The largest absolute Gasteiger partial charge is 0.399 e. The summed E-state index contributed by atoms with van der Waals surface area (Å²) in [7, 11) is -0.456. The molecular weight excluding hydrogens is 328 g/mol. The van der Waals surface area contributed by atoms with E-state index in [9.17, 15) is 17.2 Å². The zero-order chi connectivity index (χ0) is 17.2. The molecule has 23 heavy (non-hydrogen) atoms. The van der Waals surface area contributed by atoms with Crippen LogP contribution in [-0.4, -0.2) is 43.9 Å². The Morgan fingerprint density at radius 3 is 2.65 bits per heavy atom. The average molecular weight is 345 g/mol. The number of benzene rings is 1. The smallest absolute Gasteiger partial charge is 0.333 e. The zero-order valence-corrected chi connectivity index (χ0v) is 13.4. The maximum absolute atomic E-state index is 12.6. The molecule has 0 aliphatic rings. The van der Waals surface area contributed by atoms with Crippen LogP contribution in [0.3, 0.4) is 0 Å². The molecule has 7 nitrogen and oxygen atoms in total. The normalized spacial score (nSPS) is 12.3. The van der Waals surface area contributed by atoms with Gasteiger partial charge in [0.2, 0.25) is 10.0 Å². The molecule has 10 heteroatoms. The number of hydrogen-bond acceptors (Lipinski definition) is 5. The second-order valence-electron chi connectivity index (χ2n) is 5.13. The minimum Gasteiger partial charge on any atom is -0.399 e. The predicted octanol–water partition coefficient (Wildman–Crippen LogP) is 1.32. The molecule has 2 rings (SSSR count). The van der Waals surface area contributed by atoms with Gasteiger partial charge in [0.05, 0.1) is 17.8 Å². The molecule has 1 heterocycles. The van der Waals surface area contributed by atoms with Gasteiger partial charge < -0.3 is 5.73 Å². The van der Waals surface area contributed by atoms with Crippen molar-refractivity contribution >= 4 is 15.7 Å². The lowest BCUT2D eigenvalue weighted by Crippen LogP contribution is -2.33. The molecule has 0 spiro atoms. The van der Waals surface area contributed by atoms with E-state index in [-0.39, 0.29) is 28.4 Å². The van der Waals surface area contributed by atoms with Crippen LogP contribution in [0.1, 0.15) is 6.55 Å². The molecule has 126 valence electrons. The summed E-state index contributed by atoms with van der Waals surface area (Å²) < 4.78 is 53.1. The van der Waals surface area contributed by atoms with Crippen molar-refractivity contribution in [2.75, 3.05) is 26.5 Å². The third kappa shape index (κ3) is 4.03. The SMILES string of the molecule is CN(C)CNS(=O)(=O)c1cc(N)ccc1-c1cnn(C(F)F)c1. The van der Waals surface area contributed by atoms with E-state index in [0.717, 1.165) is 6.20 Å². The Balaban J connectivity index is 2.49. The molecule has 2 aromatic rings. The van der Waals surface area contributed by atoms with E-state index in [1.165, 1.54) is 24.4 Å². The minimum absolute atomic E-state index is 0.0897. The summed E-state index contributed by atoms with van der Waals surface area (Å²) in [5, 5.41) is 3.52. The molecule has 1 aromatic heterocycles. The Morgan fingerprint density at radius 1 is 1.39 bits per heavy atom. The molecular formula is C13H17F2N5O2S. The fourth-order valence-corrected chi connectivity index (χ4v) is 3.23. The van der Waals surface area contributed by atoms with Crippen molar-refractivity contribution < 1.29 is 17.2 Å². The fourth-order valence-electron chi connectivity index (χ4n) is 1.88. The van der Waals surface area contributed by atoms with Gasteiger partial charge in [0.25, 0.3) is 0 Å². The second-order valence-corrected chi connectivity index (χ2v) is 6.86. The predicted molar refractivity (Wildman–Crippen MR) is 82.2 cm³/mol. The third-order valence-corrected chi connectivity index (χ3v) is 4.40. The molecule has 0 saturated carbocycles. The third-order valence-electron chi connectivity index (χ3n) is 2.98. The van der Waals surface area contributed by atoms with Crippen LogP contribution in [-0.2, 0) is 10.0 Å². The molecule has 0 aliphatic carbocycles. The highest BCUT2D eigenvalue weighted by atomic mass is 32.2. The molecule has 0 atom stereocenters. The van der Waals surface area contributed by atoms with E-state index >= 15 is 0 Å². The van der Waals surface area contributed by atoms with Crippen molar-refractivity contribution in [2.45, 2.75) is 11.4 Å². The summed E-state index contributed by atoms with van der Waals surface area (Å²) >= 11 is 0. The van der Waals surface area contributed by atoms with Gasteiger partial charge in [-0.25, -0.2) is 13.1 Å². The van der Waals surface area contributed by atoms with Crippen molar-refractivity contribution in [3.05, 3.63) is 30.6 Å². The van der Waals surface area contributed by atoms with Gasteiger partial charge in [0, 0.05) is 23.0 Å². The summed E-state index contributed by atoms with van der Waals surface area (Å²) in [6.07, 6.45) is 2.27. The molecule has 0 saturated heterocycles. The van der Waals surface area contributed by atoms with Gasteiger partial charge in [-0.15, -0.1) is 0 Å². The number of sulfonamides is 1. The fraction of sp³-hybridized carbons (Fsp3) is 0.308. The summed E-state index contributed by atoms with van der Waals surface area (Å²) in [5.74, 6) is 0. The van der Waals surface area contributed by atoms with Crippen LogP contribution in [0.15, 0.2) is 35.5 Å². The van der Waals surface area contributed by atoms with Crippen molar-refractivity contribution in [2.24, 2.45) is 0 Å². The first kappa shape index (κ1) is 17.3. The van der Waals surface area contributed by atoms with Crippen LogP contribution >= 0.6 is 0 Å². The van der Waals surface area contributed by atoms with Gasteiger partial charge in [0.1, 0.15) is 0 Å². The highest BCUT2D eigenvalue weighted by Crippen LogP contribution is 2.29. The van der Waals surface area contributed by atoms with Gasteiger partial charge in [0.15, 0.2) is 0 Å². The average Bonchev–Trinajstić information content (AvgIpc) is 2.95. The highest BCUT2D eigenvalue weighted by molar-refractivity contribution is 7.89. The quantitative estimate of drug-likeness (QED) is 0.608. The van der Waals surface area contributed by atoms with Crippen LogP contribution in [0.4, 0.5) is 14.5 Å². The van der Waals surface area contributed by atoms with Crippen LogP contribution in [0.2, 0.25) is 0 Å². The van der Waals surface area contributed by atoms with E-state index < -0.39 is 16.6 Å². The van der Waals surface area contributed by atoms with E-state index in [0.29, 0.717) is 4.68 Å². The number of nitrogens with one attached hydrogen (secondary N) is 1. The van der Waals surface area contributed by atoms with E-state index in [4.69, 9.17) is 5.73 Å². The number of halogens is 2. The Kier molecular flexibility index (Phi) is 4.97. The molecule has 3 N–H and O–H groups in total. The zero-order valence-electron chi connectivity index (χ0n) is 12.6. The van der Waals surface area contributed by atoms with Crippen molar-refractivity contribution in [1.29, 1.82) is 0 Å². The monoisotopic (exact) mass is 345 g/mol. The molecule has 0 radical (unpaired) electrons. The van der Waals surface area contributed by atoms with Crippen LogP contribution < -0.4 is 10.5 Å². The Labute approximate surface area is 132 Å². The lowest BCUT2D eigenvalue weighted by atomic mass is 10.1. The standard InChI is InChI=1S/C13H17F2N5O2S/c1-19(2)8-18-23(21,22)12-5-10(16)3-4-11(12)9-6-17-20(7-9)13(14)15/h3-7,13,18H,8,16H2,1-2H3. The number of nitrogen functional groups attached to an aromatic ring is 1. The van der Waals surface area contributed by atoms with E-state index in [1.807, 2.05) is 0 Å². The van der Waals surface area contributed by atoms with Gasteiger partial charge >= 0.3 is 6.55 Å². The molecule has 0 unspecified atom stereocenters. The van der Waals surface area contributed by atoms with Crippen LogP contribution in [0.25, 0.3) is 11.1 Å².